The summed E-state index contributed by atoms with van der Waals surface area (Å²) in [6.07, 6.45) is 0.925. The van der Waals surface area contributed by atoms with Gasteiger partial charge in [0.25, 0.3) is 5.91 Å². The molecule has 0 aromatic carbocycles. The maximum absolute atomic E-state index is 12.0. The zero-order chi connectivity index (χ0) is 11.9. The standard InChI is InChI=1S/C11H17N3OS/c1-13(2)11(15)9-7-4-5-14(3)6-8(7)16-10(9)12/h4-6,12H2,1-3H3. The van der Waals surface area contributed by atoms with Crippen LogP contribution in [0.5, 0.6) is 0 Å². The van der Waals surface area contributed by atoms with E-state index < -0.39 is 0 Å². The third kappa shape index (κ3) is 1.81. The Kier molecular flexibility index (Phi) is 2.90. The Hall–Kier alpha value is -1.07. The number of carbonyl (C=O) groups excluding carboxylic acids is 1. The van der Waals surface area contributed by atoms with E-state index in [9.17, 15) is 4.79 Å². The lowest BCUT2D eigenvalue weighted by molar-refractivity contribution is 0.0827. The van der Waals surface area contributed by atoms with Crippen LogP contribution in [-0.2, 0) is 13.0 Å². The highest BCUT2D eigenvalue weighted by molar-refractivity contribution is 7.16. The number of rotatable bonds is 1. The number of anilines is 1. The predicted molar refractivity (Wildman–Crippen MR) is 66.8 cm³/mol. The topological polar surface area (TPSA) is 49.6 Å². The Morgan fingerprint density at radius 1 is 1.50 bits per heavy atom. The van der Waals surface area contributed by atoms with Crippen LogP contribution in [-0.4, -0.2) is 43.4 Å². The second kappa shape index (κ2) is 4.07. The Bertz CT molecular complexity index is 425. The summed E-state index contributed by atoms with van der Waals surface area (Å²) < 4.78 is 0. The first-order chi connectivity index (χ1) is 7.50. The van der Waals surface area contributed by atoms with Gasteiger partial charge >= 0.3 is 0 Å². The number of hydrogen-bond acceptors (Lipinski definition) is 4. The van der Waals surface area contributed by atoms with Crippen molar-refractivity contribution < 1.29 is 4.79 Å². The van der Waals surface area contributed by atoms with Crippen molar-refractivity contribution in [1.82, 2.24) is 9.80 Å². The number of carbonyl (C=O) groups is 1. The number of nitrogens with two attached hydrogens (primary N) is 1. The van der Waals surface area contributed by atoms with Crippen LogP contribution in [0.3, 0.4) is 0 Å². The van der Waals surface area contributed by atoms with E-state index in [4.69, 9.17) is 5.73 Å². The molecule has 1 aliphatic rings. The van der Waals surface area contributed by atoms with Gasteiger partial charge in [-0.1, -0.05) is 0 Å². The van der Waals surface area contributed by atoms with Gasteiger partial charge in [0.05, 0.1) is 10.6 Å². The average Bonchev–Trinajstić information content (AvgIpc) is 2.51. The van der Waals surface area contributed by atoms with E-state index in [0.29, 0.717) is 5.00 Å². The van der Waals surface area contributed by atoms with Crippen LogP contribution >= 0.6 is 11.3 Å². The van der Waals surface area contributed by atoms with Crippen molar-refractivity contribution in [3.05, 3.63) is 16.0 Å². The highest BCUT2D eigenvalue weighted by Crippen LogP contribution is 2.35. The molecule has 16 heavy (non-hydrogen) atoms. The number of nitrogen functional groups attached to an aromatic ring is 1. The molecule has 0 fully saturated rings. The van der Waals surface area contributed by atoms with Crippen molar-refractivity contribution in [1.29, 1.82) is 0 Å². The van der Waals surface area contributed by atoms with Crippen LogP contribution in [0.25, 0.3) is 0 Å². The molecule has 2 heterocycles. The number of hydrogen-bond donors (Lipinski definition) is 1. The minimum atomic E-state index is 0.0274. The highest BCUT2D eigenvalue weighted by Gasteiger charge is 2.26. The van der Waals surface area contributed by atoms with E-state index in [-0.39, 0.29) is 5.91 Å². The summed E-state index contributed by atoms with van der Waals surface area (Å²) in [7, 11) is 5.62. The first-order valence-electron chi connectivity index (χ1n) is 5.31. The van der Waals surface area contributed by atoms with Crippen molar-refractivity contribution in [2.45, 2.75) is 13.0 Å². The second-order valence-corrected chi connectivity index (χ2v) is 5.57. The van der Waals surface area contributed by atoms with Gasteiger partial charge in [-0.05, 0) is 19.0 Å². The van der Waals surface area contributed by atoms with Gasteiger partial charge in [-0.3, -0.25) is 4.79 Å². The van der Waals surface area contributed by atoms with Gasteiger partial charge in [-0.25, -0.2) is 0 Å². The van der Waals surface area contributed by atoms with E-state index in [0.717, 1.165) is 25.1 Å². The number of thiophene rings is 1. The molecule has 2 rings (SSSR count). The zero-order valence-corrected chi connectivity index (χ0v) is 10.7. The van der Waals surface area contributed by atoms with Crippen molar-refractivity contribution in [3.63, 3.8) is 0 Å². The molecule has 0 unspecified atom stereocenters. The summed E-state index contributed by atoms with van der Waals surface area (Å²) in [6, 6.07) is 0. The Morgan fingerprint density at radius 3 is 2.81 bits per heavy atom. The van der Waals surface area contributed by atoms with Crippen molar-refractivity contribution in [2.75, 3.05) is 33.4 Å². The van der Waals surface area contributed by atoms with Crippen LogP contribution in [0.1, 0.15) is 20.8 Å². The van der Waals surface area contributed by atoms with Crippen molar-refractivity contribution in [2.24, 2.45) is 0 Å². The summed E-state index contributed by atoms with van der Waals surface area (Å²) >= 11 is 1.55. The van der Waals surface area contributed by atoms with Crippen molar-refractivity contribution in [3.8, 4) is 0 Å². The Balaban J connectivity index is 2.43. The maximum atomic E-state index is 12.0. The molecule has 1 amide bonds. The summed E-state index contributed by atoms with van der Waals surface area (Å²) in [5.74, 6) is 0.0274. The normalized spacial score (nSPS) is 15.9. The van der Waals surface area contributed by atoms with E-state index in [1.807, 2.05) is 0 Å². The molecule has 4 nitrogen and oxygen atoms in total. The van der Waals surface area contributed by atoms with Gasteiger partial charge < -0.3 is 15.5 Å². The molecule has 1 aromatic heterocycles. The van der Waals surface area contributed by atoms with Crippen LogP contribution < -0.4 is 5.73 Å². The molecule has 2 N–H and O–H groups in total. The molecule has 0 spiro atoms. The summed E-state index contributed by atoms with van der Waals surface area (Å²) in [5.41, 5.74) is 7.86. The maximum Gasteiger partial charge on any atom is 0.256 e. The third-order valence-corrected chi connectivity index (χ3v) is 3.94. The number of likely N-dealkylation sites (N-methyl/N-ethyl adjacent to an activating group) is 1. The molecular weight excluding hydrogens is 222 g/mol. The van der Waals surface area contributed by atoms with Crippen LogP contribution in [0.4, 0.5) is 5.00 Å². The molecule has 0 radical (unpaired) electrons. The molecule has 1 aromatic rings. The van der Waals surface area contributed by atoms with Crippen LogP contribution in [0.2, 0.25) is 0 Å². The zero-order valence-electron chi connectivity index (χ0n) is 9.91. The Labute approximate surface area is 99.6 Å². The number of fused-ring (bicyclic) bond motifs is 1. The molecule has 0 bridgehead atoms. The fourth-order valence-electron chi connectivity index (χ4n) is 2.01. The second-order valence-electron chi connectivity index (χ2n) is 4.43. The van der Waals surface area contributed by atoms with Crippen LogP contribution in [0.15, 0.2) is 0 Å². The number of nitrogens with zero attached hydrogens (tertiary/aromatic N) is 2. The highest BCUT2D eigenvalue weighted by atomic mass is 32.1. The third-order valence-electron chi connectivity index (χ3n) is 2.90. The summed E-state index contributed by atoms with van der Waals surface area (Å²) in [5, 5.41) is 0.666. The molecule has 0 aliphatic carbocycles. The van der Waals surface area contributed by atoms with Crippen molar-refractivity contribution >= 4 is 22.2 Å². The average molecular weight is 239 g/mol. The summed E-state index contributed by atoms with van der Waals surface area (Å²) in [6.45, 7) is 1.90. The van der Waals surface area contributed by atoms with E-state index >= 15 is 0 Å². The summed E-state index contributed by atoms with van der Waals surface area (Å²) in [4.78, 5) is 17.1. The lowest BCUT2D eigenvalue weighted by atomic mass is 10.0. The lowest BCUT2D eigenvalue weighted by Crippen LogP contribution is -2.28. The SMILES string of the molecule is CN1CCc2c(sc(N)c2C(=O)N(C)C)C1. The quantitative estimate of drug-likeness (QED) is 0.796. The fraction of sp³-hybridized carbons (Fsp3) is 0.545. The van der Waals surface area contributed by atoms with Gasteiger partial charge in [0, 0.05) is 32.1 Å². The molecule has 1 aliphatic heterocycles. The monoisotopic (exact) mass is 239 g/mol. The Morgan fingerprint density at radius 2 is 2.19 bits per heavy atom. The smallest absolute Gasteiger partial charge is 0.256 e. The number of amides is 1. The molecule has 0 atom stereocenters. The molecular formula is C11H17N3OS. The van der Waals surface area contributed by atoms with Gasteiger partial charge in [-0.15, -0.1) is 11.3 Å². The van der Waals surface area contributed by atoms with E-state index in [1.165, 1.54) is 10.4 Å². The molecule has 88 valence electrons. The van der Waals surface area contributed by atoms with E-state index in [1.54, 1.807) is 30.3 Å². The molecule has 5 heteroatoms. The van der Waals surface area contributed by atoms with E-state index in [2.05, 4.69) is 11.9 Å². The van der Waals surface area contributed by atoms with Gasteiger partial charge in [-0.2, -0.15) is 0 Å². The van der Waals surface area contributed by atoms with Gasteiger partial charge in [0.1, 0.15) is 0 Å². The largest absolute Gasteiger partial charge is 0.390 e. The fourth-order valence-corrected chi connectivity index (χ4v) is 3.20. The minimum absolute atomic E-state index is 0.0274. The van der Waals surface area contributed by atoms with Crippen LogP contribution in [0, 0.1) is 0 Å². The van der Waals surface area contributed by atoms with Gasteiger partial charge in [0.2, 0.25) is 0 Å². The lowest BCUT2D eigenvalue weighted by Gasteiger charge is -2.23. The minimum Gasteiger partial charge on any atom is -0.390 e. The molecule has 0 saturated heterocycles. The first kappa shape index (κ1) is 11.4. The van der Waals surface area contributed by atoms with Gasteiger partial charge in [0.15, 0.2) is 0 Å². The predicted octanol–water partition coefficient (Wildman–Crippen LogP) is 1.02. The molecule has 0 saturated carbocycles. The first-order valence-corrected chi connectivity index (χ1v) is 6.12.